The lowest BCUT2D eigenvalue weighted by Crippen LogP contribution is -2.48. The maximum atomic E-state index is 12.3. The molecule has 0 aromatic heterocycles. The summed E-state index contributed by atoms with van der Waals surface area (Å²) in [6, 6.07) is 7.68. The number of amides is 1. The molecular weight excluding hydrogens is 306 g/mol. The fourth-order valence-electron chi connectivity index (χ4n) is 2.63. The number of carbonyl (C=O) groups excluding carboxylic acids is 1. The fraction of sp³-hybridized carbons (Fsp3) is 0.444. The predicted molar refractivity (Wildman–Crippen MR) is 91.8 cm³/mol. The van der Waals surface area contributed by atoms with Gasteiger partial charge in [-0.25, -0.2) is 0 Å². The molecule has 0 bridgehead atoms. The smallest absolute Gasteiger partial charge is 0.246 e. The minimum absolute atomic E-state index is 0.00437. The van der Waals surface area contributed by atoms with Gasteiger partial charge in [-0.15, -0.1) is 0 Å². The Morgan fingerprint density at radius 1 is 1.21 bits per heavy atom. The Hall–Kier alpha value is -2.52. The molecule has 2 rings (SSSR count). The molecule has 1 saturated heterocycles. The SMILES string of the molecule is COc1ccc(/C=C/C(=O)N2CCN(CCC#N)CC2)cc1OC. The van der Waals surface area contributed by atoms with E-state index in [1.165, 1.54) is 0 Å². The lowest BCUT2D eigenvalue weighted by atomic mass is 10.2. The molecule has 1 aromatic rings. The average Bonchev–Trinajstić information content (AvgIpc) is 2.64. The molecule has 1 aliphatic heterocycles. The predicted octanol–water partition coefficient (Wildman–Crippen LogP) is 1.77. The van der Waals surface area contributed by atoms with E-state index in [-0.39, 0.29) is 5.91 Å². The van der Waals surface area contributed by atoms with Crippen molar-refractivity contribution in [3.8, 4) is 17.6 Å². The molecule has 0 unspecified atom stereocenters. The summed E-state index contributed by atoms with van der Waals surface area (Å²) in [6.07, 6.45) is 3.91. The van der Waals surface area contributed by atoms with Crippen molar-refractivity contribution in [1.82, 2.24) is 9.80 Å². The molecule has 6 nitrogen and oxygen atoms in total. The van der Waals surface area contributed by atoms with Crippen LogP contribution >= 0.6 is 0 Å². The van der Waals surface area contributed by atoms with Crippen molar-refractivity contribution in [2.75, 3.05) is 46.9 Å². The van der Waals surface area contributed by atoms with Gasteiger partial charge in [-0.3, -0.25) is 9.69 Å². The van der Waals surface area contributed by atoms with E-state index in [9.17, 15) is 4.79 Å². The standard InChI is InChI=1S/C18H23N3O3/c1-23-16-6-4-15(14-17(16)24-2)5-7-18(22)21-12-10-20(11-13-21)9-3-8-19/h4-7,14H,3,9-13H2,1-2H3/b7-5+. The number of rotatable bonds is 6. The van der Waals surface area contributed by atoms with Crippen molar-refractivity contribution in [3.05, 3.63) is 29.8 Å². The summed E-state index contributed by atoms with van der Waals surface area (Å²) < 4.78 is 10.5. The number of hydrogen-bond acceptors (Lipinski definition) is 5. The van der Waals surface area contributed by atoms with E-state index in [1.54, 1.807) is 26.4 Å². The first-order chi connectivity index (χ1) is 11.7. The zero-order chi connectivity index (χ0) is 17.4. The van der Waals surface area contributed by atoms with Crippen molar-refractivity contribution in [3.63, 3.8) is 0 Å². The molecule has 128 valence electrons. The monoisotopic (exact) mass is 329 g/mol. The van der Waals surface area contributed by atoms with Gasteiger partial charge in [0.1, 0.15) is 0 Å². The van der Waals surface area contributed by atoms with Crippen LogP contribution in [0.5, 0.6) is 11.5 Å². The van der Waals surface area contributed by atoms with Gasteiger partial charge in [0.15, 0.2) is 11.5 Å². The van der Waals surface area contributed by atoms with E-state index in [4.69, 9.17) is 14.7 Å². The molecule has 1 amide bonds. The Balaban J connectivity index is 1.91. The highest BCUT2D eigenvalue weighted by Crippen LogP contribution is 2.27. The van der Waals surface area contributed by atoms with Gasteiger partial charge in [0.25, 0.3) is 0 Å². The van der Waals surface area contributed by atoms with Crippen LogP contribution in [0.3, 0.4) is 0 Å². The molecular formula is C18H23N3O3. The second-order valence-corrected chi connectivity index (χ2v) is 5.52. The normalized spacial score (nSPS) is 15.3. The van der Waals surface area contributed by atoms with E-state index >= 15 is 0 Å². The second kappa shape index (κ2) is 8.94. The van der Waals surface area contributed by atoms with Crippen LogP contribution in [0.1, 0.15) is 12.0 Å². The summed E-state index contributed by atoms with van der Waals surface area (Å²) in [5.41, 5.74) is 0.883. The van der Waals surface area contributed by atoms with Crippen LogP contribution in [0.25, 0.3) is 6.08 Å². The first-order valence-corrected chi connectivity index (χ1v) is 7.96. The van der Waals surface area contributed by atoms with Crippen molar-refractivity contribution in [2.24, 2.45) is 0 Å². The molecule has 0 N–H and O–H groups in total. The van der Waals surface area contributed by atoms with Gasteiger partial charge in [0, 0.05) is 45.2 Å². The maximum absolute atomic E-state index is 12.3. The third-order valence-corrected chi connectivity index (χ3v) is 4.05. The molecule has 0 radical (unpaired) electrons. The Morgan fingerprint density at radius 3 is 2.54 bits per heavy atom. The highest BCUT2D eigenvalue weighted by Gasteiger charge is 2.19. The molecule has 1 heterocycles. The van der Waals surface area contributed by atoms with Gasteiger partial charge in [-0.1, -0.05) is 6.07 Å². The van der Waals surface area contributed by atoms with E-state index < -0.39 is 0 Å². The first-order valence-electron chi connectivity index (χ1n) is 7.96. The molecule has 0 aliphatic carbocycles. The molecule has 1 aliphatic rings. The van der Waals surface area contributed by atoms with Gasteiger partial charge in [-0.2, -0.15) is 5.26 Å². The second-order valence-electron chi connectivity index (χ2n) is 5.52. The minimum atomic E-state index is 0.00437. The Morgan fingerprint density at radius 2 is 1.92 bits per heavy atom. The van der Waals surface area contributed by atoms with Crippen LogP contribution in [0.4, 0.5) is 0 Å². The molecule has 1 fully saturated rings. The van der Waals surface area contributed by atoms with Gasteiger partial charge in [0.2, 0.25) is 5.91 Å². The van der Waals surface area contributed by atoms with Gasteiger partial charge in [0.05, 0.1) is 20.3 Å². The molecule has 0 spiro atoms. The summed E-state index contributed by atoms with van der Waals surface area (Å²) in [7, 11) is 3.18. The summed E-state index contributed by atoms with van der Waals surface area (Å²) in [6.45, 7) is 3.80. The van der Waals surface area contributed by atoms with Crippen LogP contribution in [-0.2, 0) is 4.79 Å². The number of methoxy groups -OCH3 is 2. The van der Waals surface area contributed by atoms with Gasteiger partial charge in [-0.05, 0) is 23.8 Å². The zero-order valence-electron chi connectivity index (χ0n) is 14.2. The van der Waals surface area contributed by atoms with Crippen molar-refractivity contribution in [2.45, 2.75) is 6.42 Å². The summed E-state index contributed by atoms with van der Waals surface area (Å²) in [4.78, 5) is 16.3. The Labute approximate surface area is 142 Å². The highest BCUT2D eigenvalue weighted by atomic mass is 16.5. The molecule has 24 heavy (non-hydrogen) atoms. The highest BCUT2D eigenvalue weighted by molar-refractivity contribution is 5.92. The number of benzene rings is 1. The summed E-state index contributed by atoms with van der Waals surface area (Å²) in [5, 5.41) is 8.62. The maximum Gasteiger partial charge on any atom is 0.246 e. The molecule has 1 aromatic carbocycles. The third kappa shape index (κ3) is 4.74. The largest absolute Gasteiger partial charge is 0.493 e. The van der Waals surface area contributed by atoms with E-state index in [2.05, 4.69) is 11.0 Å². The van der Waals surface area contributed by atoms with Crippen molar-refractivity contribution in [1.29, 1.82) is 5.26 Å². The third-order valence-electron chi connectivity index (χ3n) is 4.05. The summed E-state index contributed by atoms with van der Waals surface area (Å²) in [5.74, 6) is 1.30. The summed E-state index contributed by atoms with van der Waals surface area (Å²) >= 11 is 0. The van der Waals surface area contributed by atoms with Crippen molar-refractivity contribution < 1.29 is 14.3 Å². The number of hydrogen-bond donors (Lipinski definition) is 0. The van der Waals surface area contributed by atoms with Crippen LogP contribution < -0.4 is 9.47 Å². The number of nitrogens with zero attached hydrogens (tertiary/aromatic N) is 3. The number of carbonyl (C=O) groups is 1. The molecule has 0 saturated carbocycles. The van der Waals surface area contributed by atoms with Crippen LogP contribution in [0.2, 0.25) is 0 Å². The van der Waals surface area contributed by atoms with E-state index in [0.717, 1.165) is 25.2 Å². The van der Waals surface area contributed by atoms with E-state index in [1.807, 2.05) is 23.1 Å². The quantitative estimate of drug-likeness (QED) is 0.744. The average molecular weight is 329 g/mol. The first kappa shape index (κ1) is 17.8. The van der Waals surface area contributed by atoms with Gasteiger partial charge < -0.3 is 14.4 Å². The van der Waals surface area contributed by atoms with Crippen LogP contribution in [0, 0.1) is 11.3 Å². The van der Waals surface area contributed by atoms with E-state index in [0.29, 0.717) is 31.0 Å². The number of piperazine rings is 1. The number of ether oxygens (including phenoxy) is 2. The fourth-order valence-corrected chi connectivity index (χ4v) is 2.63. The van der Waals surface area contributed by atoms with Crippen LogP contribution in [0.15, 0.2) is 24.3 Å². The minimum Gasteiger partial charge on any atom is -0.493 e. The topological polar surface area (TPSA) is 65.8 Å². The zero-order valence-corrected chi connectivity index (χ0v) is 14.2. The Kier molecular flexibility index (Phi) is 6.64. The van der Waals surface area contributed by atoms with Gasteiger partial charge >= 0.3 is 0 Å². The lowest BCUT2D eigenvalue weighted by Gasteiger charge is -2.33. The number of nitriles is 1. The van der Waals surface area contributed by atoms with Crippen LogP contribution in [-0.4, -0.2) is 62.7 Å². The van der Waals surface area contributed by atoms with Crippen molar-refractivity contribution >= 4 is 12.0 Å². The molecule has 6 heteroatoms. The molecule has 0 atom stereocenters. The Bertz CT molecular complexity index is 629. The lowest BCUT2D eigenvalue weighted by molar-refractivity contribution is -0.127.